The van der Waals surface area contributed by atoms with Gasteiger partial charge in [0.1, 0.15) is 5.75 Å². The molecule has 2 aromatic carbocycles. The Morgan fingerprint density at radius 3 is 2.54 bits per heavy atom. The van der Waals surface area contributed by atoms with Crippen LogP contribution in [0.3, 0.4) is 0 Å². The van der Waals surface area contributed by atoms with Crippen molar-refractivity contribution in [3.8, 4) is 5.75 Å². The van der Waals surface area contributed by atoms with Crippen molar-refractivity contribution in [3.63, 3.8) is 0 Å². The van der Waals surface area contributed by atoms with E-state index < -0.39 is 0 Å². The standard InChI is InChI=1S/C22H26N2OS/c1-2-8-19(9-3-1)25-17-7-6-14-24-15-12-18(13-16-24)22-23-20-10-4-5-11-21(20)26-22/h1-5,8-11,18H,6-7,12-17H2. The Bertz CT molecular complexity index is 776. The molecule has 0 saturated carbocycles. The summed E-state index contributed by atoms with van der Waals surface area (Å²) in [5.41, 5.74) is 1.16. The van der Waals surface area contributed by atoms with Gasteiger partial charge in [-0.2, -0.15) is 0 Å². The first-order valence-corrected chi connectivity index (χ1v) is 10.5. The summed E-state index contributed by atoms with van der Waals surface area (Å²) in [4.78, 5) is 7.46. The van der Waals surface area contributed by atoms with Crippen LogP contribution in [0.2, 0.25) is 0 Å². The van der Waals surface area contributed by atoms with Gasteiger partial charge >= 0.3 is 0 Å². The molecule has 1 aromatic heterocycles. The lowest BCUT2D eigenvalue weighted by Crippen LogP contribution is -2.33. The number of fused-ring (bicyclic) bond motifs is 1. The largest absolute Gasteiger partial charge is 0.494 e. The van der Waals surface area contributed by atoms with E-state index in [2.05, 4.69) is 29.2 Å². The van der Waals surface area contributed by atoms with Crippen molar-refractivity contribution < 1.29 is 4.74 Å². The van der Waals surface area contributed by atoms with Crippen molar-refractivity contribution in [2.24, 2.45) is 0 Å². The molecule has 0 amide bonds. The predicted molar refractivity (Wildman–Crippen MR) is 109 cm³/mol. The molecule has 3 nitrogen and oxygen atoms in total. The molecule has 3 aromatic rings. The molecule has 1 aliphatic heterocycles. The quantitative estimate of drug-likeness (QED) is 0.528. The van der Waals surface area contributed by atoms with Crippen LogP contribution in [0.1, 0.15) is 36.6 Å². The number of hydrogen-bond donors (Lipinski definition) is 0. The number of aromatic nitrogens is 1. The van der Waals surface area contributed by atoms with Crippen LogP contribution in [0.25, 0.3) is 10.2 Å². The average molecular weight is 367 g/mol. The minimum absolute atomic E-state index is 0.644. The Morgan fingerprint density at radius 1 is 0.962 bits per heavy atom. The second-order valence-electron chi connectivity index (χ2n) is 7.00. The third kappa shape index (κ3) is 4.43. The van der Waals surface area contributed by atoms with Crippen LogP contribution in [0.4, 0.5) is 0 Å². The van der Waals surface area contributed by atoms with Crippen LogP contribution in [-0.2, 0) is 0 Å². The van der Waals surface area contributed by atoms with Gasteiger partial charge in [0.25, 0.3) is 0 Å². The van der Waals surface area contributed by atoms with Gasteiger partial charge < -0.3 is 9.64 Å². The van der Waals surface area contributed by atoms with Crippen LogP contribution >= 0.6 is 11.3 Å². The summed E-state index contributed by atoms with van der Waals surface area (Å²) in [5, 5.41) is 1.34. The number of piperidine rings is 1. The van der Waals surface area contributed by atoms with Crippen LogP contribution in [0, 0.1) is 0 Å². The highest BCUT2D eigenvalue weighted by Crippen LogP contribution is 2.33. The molecular weight excluding hydrogens is 340 g/mol. The summed E-state index contributed by atoms with van der Waals surface area (Å²) in [6, 6.07) is 18.6. The third-order valence-electron chi connectivity index (χ3n) is 5.13. The second-order valence-corrected chi connectivity index (χ2v) is 8.07. The van der Waals surface area contributed by atoms with E-state index in [1.165, 1.54) is 48.6 Å². The van der Waals surface area contributed by atoms with Crippen molar-refractivity contribution in [2.75, 3.05) is 26.2 Å². The first kappa shape index (κ1) is 17.5. The monoisotopic (exact) mass is 366 g/mol. The lowest BCUT2D eigenvalue weighted by Gasteiger charge is -2.31. The number of hydrogen-bond acceptors (Lipinski definition) is 4. The highest BCUT2D eigenvalue weighted by Gasteiger charge is 2.22. The van der Waals surface area contributed by atoms with E-state index in [0.29, 0.717) is 5.92 Å². The first-order valence-electron chi connectivity index (χ1n) is 9.64. The number of thiazole rings is 1. The molecule has 0 N–H and O–H groups in total. The molecule has 26 heavy (non-hydrogen) atoms. The number of rotatable bonds is 7. The lowest BCUT2D eigenvalue weighted by molar-refractivity contribution is 0.202. The van der Waals surface area contributed by atoms with Crippen molar-refractivity contribution in [1.82, 2.24) is 9.88 Å². The fourth-order valence-corrected chi connectivity index (χ4v) is 4.75. The Hall–Kier alpha value is -1.91. The summed E-state index contributed by atoms with van der Waals surface area (Å²) in [7, 11) is 0. The van der Waals surface area contributed by atoms with Crippen molar-refractivity contribution in [1.29, 1.82) is 0 Å². The van der Waals surface area contributed by atoms with Gasteiger partial charge in [-0.15, -0.1) is 11.3 Å². The predicted octanol–water partition coefficient (Wildman–Crippen LogP) is 5.33. The van der Waals surface area contributed by atoms with E-state index in [4.69, 9.17) is 9.72 Å². The number of likely N-dealkylation sites (tertiary alicyclic amines) is 1. The highest BCUT2D eigenvalue weighted by atomic mass is 32.1. The summed E-state index contributed by atoms with van der Waals surface area (Å²) in [6.45, 7) is 4.39. The molecule has 0 bridgehead atoms. The van der Waals surface area contributed by atoms with Gasteiger partial charge in [-0.1, -0.05) is 30.3 Å². The molecule has 136 valence electrons. The van der Waals surface area contributed by atoms with E-state index in [1.807, 2.05) is 41.7 Å². The molecule has 0 atom stereocenters. The molecule has 1 saturated heterocycles. The van der Waals surface area contributed by atoms with E-state index >= 15 is 0 Å². The maximum Gasteiger partial charge on any atom is 0.119 e. The van der Waals surface area contributed by atoms with E-state index in [1.54, 1.807) is 0 Å². The molecule has 0 spiro atoms. The summed E-state index contributed by atoms with van der Waals surface area (Å²) >= 11 is 1.88. The van der Waals surface area contributed by atoms with Gasteiger partial charge in [0.15, 0.2) is 0 Å². The lowest BCUT2D eigenvalue weighted by atomic mass is 9.97. The molecule has 1 fully saturated rings. The number of ether oxygens (including phenoxy) is 1. The summed E-state index contributed by atoms with van der Waals surface area (Å²) in [6.07, 6.45) is 4.80. The molecule has 4 rings (SSSR count). The molecule has 0 radical (unpaired) electrons. The van der Waals surface area contributed by atoms with Gasteiger partial charge in [0, 0.05) is 5.92 Å². The SMILES string of the molecule is c1ccc(OCCCCN2CCC(c3nc4ccccc4s3)CC2)cc1. The van der Waals surface area contributed by atoms with Gasteiger partial charge in [0.2, 0.25) is 0 Å². The summed E-state index contributed by atoms with van der Waals surface area (Å²) in [5.74, 6) is 1.62. The molecule has 1 aliphatic rings. The zero-order chi connectivity index (χ0) is 17.6. The van der Waals surface area contributed by atoms with Crippen LogP contribution in [0.15, 0.2) is 54.6 Å². The fraction of sp³-hybridized carbons (Fsp3) is 0.409. The zero-order valence-corrected chi connectivity index (χ0v) is 16.0. The Morgan fingerprint density at radius 2 is 1.73 bits per heavy atom. The number of nitrogens with zero attached hydrogens (tertiary/aromatic N) is 2. The molecule has 2 heterocycles. The van der Waals surface area contributed by atoms with Crippen LogP contribution < -0.4 is 4.74 Å². The topological polar surface area (TPSA) is 25.4 Å². The minimum atomic E-state index is 0.644. The Balaban J connectivity index is 1.17. The Labute approximate surface area is 159 Å². The van der Waals surface area contributed by atoms with Gasteiger partial charge in [-0.25, -0.2) is 4.98 Å². The van der Waals surface area contributed by atoms with Crippen LogP contribution in [-0.4, -0.2) is 36.1 Å². The molecule has 4 heteroatoms. The number of unbranched alkanes of at least 4 members (excludes halogenated alkanes) is 1. The average Bonchev–Trinajstić information content (AvgIpc) is 3.13. The van der Waals surface area contributed by atoms with Crippen molar-refractivity contribution >= 4 is 21.6 Å². The Kier molecular flexibility index (Phi) is 5.82. The van der Waals surface area contributed by atoms with E-state index in [-0.39, 0.29) is 0 Å². The normalized spacial score (nSPS) is 16.2. The summed E-state index contributed by atoms with van der Waals surface area (Å²) < 4.78 is 7.10. The van der Waals surface area contributed by atoms with Crippen molar-refractivity contribution in [3.05, 3.63) is 59.6 Å². The molecule has 0 aliphatic carbocycles. The van der Waals surface area contributed by atoms with Gasteiger partial charge in [-0.3, -0.25) is 0 Å². The molecular formula is C22H26N2OS. The number of para-hydroxylation sites is 2. The van der Waals surface area contributed by atoms with Crippen molar-refractivity contribution in [2.45, 2.75) is 31.6 Å². The third-order valence-corrected chi connectivity index (χ3v) is 6.33. The van der Waals surface area contributed by atoms with Crippen LogP contribution in [0.5, 0.6) is 5.75 Å². The first-order chi connectivity index (χ1) is 12.9. The minimum Gasteiger partial charge on any atom is -0.494 e. The number of benzene rings is 2. The van der Waals surface area contributed by atoms with Gasteiger partial charge in [0.05, 0.1) is 21.8 Å². The fourth-order valence-electron chi connectivity index (χ4n) is 3.61. The maximum atomic E-state index is 5.77. The van der Waals surface area contributed by atoms with E-state index in [0.717, 1.165) is 24.3 Å². The van der Waals surface area contributed by atoms with E-state index in [9.17, 15) is 0 Å². The van der Waals surface area contributed by atoms with Gasteiger partial charge in [-0.05, 0) is 69.6 Å². The molecule has 0 unspecified atom stereocenters. The zero-order valence-electron chi connectivity index (χ0n) is 15.1. The smallest absolute Gasteiger partial charge is 0.119 e. The maximum absolute atomic E-state index is 5.77. The highest BCUT2D eigenvalue weighted by molar-refractivity contribution is 7.18. The second kappa shape index (κ2) is 8.65.